The van der Waals surface area contributed by atoms with Gasteiger partial charge in [0.05, 0.1) is 0 Å². The molecule has 0 unspecified atom stereocenters. The van der Waals surface area contributed by atoms with Crippen molar-refractivity contribution in [1.29, 1.82) is 0 Å². The zero-order valence-electron chi connectivity index (χ0n) is 13.5. The molecule has 6 heteroatoms. The predicted molar refractivity (Wildman–Crippen MR) is 89.6 cm³/mol. The molecule has 2 fully saturated rings. The van der Waals surface area contributed by atoms with Crippen LogP contribution in [-0.2, 0) is 16.0 Å². The highest BCUT2D eigenvalue weighted by Crippen LogP contribution is 2.42. The van der Waals surface area contributed by atoms with Crippen molar-refractivity contribution in [2.75, 3.05) is 26.7 Å². The highest BCUT2D eigenvalue weighted by atomic mass is 32.1. The quantitative estimate of drug-likeness (QED) is 0.914. The number of thiophene rings is 1. The van der Waals surface area contributed by atoms with Gasteiger partial charge in [0.15, 0.2) is 0 Å². The zero-order chi connectivity index (χ0) is 16.4. The van der Waals surface area contributed by atoms with Crippen LogP contribution < -0.4 is 0 Å². The summed E-state index contributed by atoms with van der Waals surface area (Å²) in [6, 6.07) is 1.71. The molecule has 0 aromatic carbocycles. The van der Waals surface area contributed by atoms with Crippen molar-refractivity contribution in [2.24, 2.45) is 5.41 Å². The molecule has 3 rings (SSSR count). The van der Waals surface area contributed by atoms with Crippen molar-refractivity contribution in [2.45, 2.75) is 38.1 Å². The fraction of sp³-hybridized carbons (Fsp3) is 0.647. The van der Waals surface area contributed by atoms with Crippen LogP contribution in [-0.4, -0.2) is 59.5 Å². The number of hydrogen-bond acceptors (Lipinski definition) is 4. The first-order valence-corrected chi connectivity index (χ1v) is 9.15. The second-order valence-electron chi connectivity index (χ2n) is 6.99. The Morgan fingerprint density at radius 2 is 2.13 bits per heavy atom. The third kappa shape index (κ3) is 3.58. The average Bonchev–Trinajstić information content (AvgIpc) is 3.14. The minimum Gasteiger partial charge on any atom is -0.480 e. The second kappa shape index (κ2) is 6.61. The molecular formula is C17H24N2O3S. The van der Waals surface area contributed by atoms with E-state index in [1.807, 2.05) is 22.2 Å². The van der Waals surface area contributed by atoms with Crippen LogP contribution in [0.5, 0.6) is 0 Å². The van der Waals surface area contributed by atoms with Gasteiger partial charge in [0.1, 0.15) is 6.04 Å². The normalized spacial score (nSPS) is 24.2. The molecule has 126 valence electrons. The molecule has 2 saturated heterocycles. The summed E-state index contributed by atoms with van der Waals surface area (Å²) in [4.78, 5) is 27.6. The van der Waals surface area contributed by atoms with E-state index < -0.39 is 5.97 Å². The van der Waals surface area contributed by atoms with Crippen LogP contribution in [0, 0.1) is 5.41 Å². The first-order chi connectivity index (χ1) is 11.0. The number of carboxylic acids is 1. The van der Waals surface area contributed by atoms with Gasteiger partial charge in [0, 0.05) is 26.1 Å². The van der Waals surface area contributed by atoms with E-state index in [0.29, 0.717) is 6.42 Å². The standard InChI is InChI=1S/C17H24N2O3S/c1-18-12-17(10-14(18)16(21)22)5-7-19(8-6-17)15(20)3-2-13-4-9-23-11-13/h4,9,11,14H,2-3,5-8,10,12H2,1H3,(H,21,22)/t14-/m1/s1. The van der Waals surface area contributed by atoms with Crippen LogP contribution >= 0.6 is 11.3 Å². The van der Waals surface area contributed by atoms with Crippen molar-refractivity contribution in [3.63, 3.8) is 0 Å². The van der Waals surface area contributed by atoms with Gasteiger partial charge in [0.2, 0.25) is 5.91 Å². The lowest BCUT2D eigenvalue weighted by Gasteiger charge is -2.39. The molecule has 0 aliphatic carbocycles. The van der Waals surface area contributed by atoms with Gasteiger partial charge in [-0.05, 0) is 60.5 Å². The summed E-state index contributed by atoms with van der Waals surface area (Å²) < 4.78 is 0. The fourth-order valence-corrected chi connectivity index (χ4v) is 4.69. The lowest BCUT2D eigenvalue weighted by Crippen LogP contribution is -2.44. The summed E-state index contributed by atoms with van der Waals surface area (Å²) >= 11 is 1.66. The number of carbonyl (C=O) groups is 2. The number of piperidine rings is 1. The van der Waals surface area contributed by atoms with Crippen LogP contribution in [0.1, 0.15) is 31.2 Å². The molecule has 3 heterocycles. The lowest BCUT2D eigenvalue weighted by molar-refractivity contribution is -0.142. The van der Waals surface area contributed by atoms with Gasteiger partial charge >= 0.3 is 5.97 Å². The maximum absolute atomic E-state index is 12.4. The van der Waals surface area contributed by atoms with Crippen LogP contribution in [0.25, 0.3) is 0 Å². The largest absolute Gasteiger partial charge is 0.480 e. The Kier molecular flexibility index (Phi) is 4.73. The van der Waals surface area contributed by atoms with Gasteiger partial charge in [-0.1, -0.05) is 0 Å². The summed E-state index contributed by atoms with van der Waals surface area (Å²) in [5.41, 5.74) is 1.32. The molecule has 0 saturated carbocycles. The van der Waals surface area contributed by atoms with Gasteiger partial charge in [-0.25, -0.2) is 0 Å². The van der Waals surface area contributed by atoms with Gasteiger partial charge in [-0.15, -0.1) is 0 Å². The number of likely N-dealkylation sites (tertiary alicyclic amines) is 2. The Morgan fingerprint density at radius 1 is 1.39 bits per heavy atom. The zero-order valence-corrected chi connectivity index (χ0v) is 14.3. The SMILES string of the molecule is CN1CC2(CCN(C(=O)CCc3ccsc3)CC2)C[C@@H]1C(=O)O. The maximum Gasteiger partial charge on any atom is 0.320 e. The van der Waals surface area contributed by atoms with E-state index in [2.05, 4.69) is 11.4 Å². The molecule has 1 amide bonds. The van der Waals surface area contributed by atoms with Crippen molar-refractivity contribution >= 4 is 23.2 Å². The molecule has 1 aromatic heterocycles. The van der Waals surface area contributed by atoms with E-state index in [0.717, 1.165) is 45.3 Å². The van der Waals surface area contributed by atoms with Crippen LogP contribution in [0.15, 0.2) is 16.8 Å². The summed E-state index contributed by atoms with van der Waals surface area (Å²) in [6.07, 6.45) is 3.95. The summed E-state index contributed by atoms with van der Waals surface area (Å²) in [7, 11) is 1.89. The number of likely N-dealkylation sites (N-methyl/N-ethyl adjacent to an activating group) is 1. The van der Waals surface area contributed by atoms with E-state index in [1.165, 1.54) is 5.56 Å². The molecular weight excluding hydrogens is 312 g/mol. The number of aliphatic carboxylic acids is 1. The van der Waals surface area contributed by atoms with E-state index in [1.54, 1.807) is 11.3 Å². The van der Waals surface area contributed by atoms with Crippen LogP contribution in [0.4, 0.5) is 0 Å². The summed E-state index contributed by atoms with van der Waals surface area (Å²) in [5, 5.41) is 13.4. The van der Waals surface area contributed by atoms with Crippen molar-refractivity contribution in [1.82, 2.24) is 9.80 Å². The Hall–Kier alpha value is -1.40. The molecule has 0 radical (unpaired) electrons. The van der Waals surface area contributed by atoms with Gasteiger partial charge in [0.25, 0.3) is 0 Å². The lowest BCUT2D eigenvalue weighted by atomic mass is 9.76. The molecule has 2 aliphatic rings. The Balaban J connectivity index is 1.50. The number of carbonyl (C=O) groups excluding carboxylic acids is 1. The maximum atomic E-state index is 12.4. The van der Waals surface area contributed by atoms with E-state index in [-0.39, 0.29) is 17.4 Å². The Bertz CT molecular complexity index is 564. The number of carboxylic acid groups (broad SMARTS) is 1. The van der Waals surface area contributed by atoms with Crippen molar-refractivity contribution in [3.8, 4) is 0 Å². The number of rotatable bonds is 4. The third-order valence-corrected chi connectivity index (χ3v) is 6.14. The van der Waals surface area contributed by atoms with E-state index in [9.17, 15) is 14.7 Å². The minimum atomic E-state index is -0.723. The molecule has 0 bridgehead atoms. The monoisotopic (exact) mass is 336 g/mol. The van der Waals surface area contributed by atoms with Gasteiger partial charge < -0.3 is 10.0 Å². The summed E-state index contributed by atoms with van der Waals surface area (Å²) in [5.74, 6) is -0.495. The van der Waals surface area contributed by atoms with Crippen molar-refractivity contribution in [3.05, 3.63) is 22.4 Å². The Morgan fingerprint density at radius 3 is 2.70 bits per heavy atom. The first kappa shape index (κ1) is 16.5. The van der Waals surface area contributed by atoms with Crippen LogP contribution in [0.2, 0.25) is 0 Å². The van der Waals surface area contributed by atoms with Gasteiger partial charge in [-0.3, -0.25) is 14.5 Å². The van der Waals surface area contributed by atoms with Crippen molar-refractivity contribution < 1.29 is 14.7 Å². The minimum absolute atomic E-state index is 0.0853. The molecule has 2 aliphatic heterocycles. The number of hydrogen-bond donors (Lipinski definition) is 1. The molecule has 1 N–H and O–H groups in total. The highest BCUT2D eigenvalue weighted by molar-refractivity contribution is 7.07. The smallest absolute Gasteiger partial charge is 0.320 e. The third-order valence-electron chi connectivity index (χ3n) is 5.41. The number of aryl methyl sites for hydroxylation is 1. The Labute approximate surface area is 140 Å². The molecule has 1 atom stereocenters. The first-order valence-electron chi connectivity index (χ1n) is 8.21. The predicted octanol–water partition coefficient (Wildman–Crippen LogP) is 2.08. The second-order valence-corrected chi connectivity index (χ2v) is 7.77. The highest BCUT2D eigenvalue weighted by Gasteiger charge is 2.47. The topological polar surface area (TPSA) is 60.9 Å². The fourth-order valence-electron chi connectivity index (χ4n) is 3.98. The summed E-state index contributed by atoms with van der Waals surface area (Å²) in [6.45, 7) is 2.37. The molecule has 23 heavy (non-hydrogen) atoms. The van der Waals surface area contributed by atoms with Crippen LogP contribution in [0.3, 0.4) is 0 Å². The molecule has 5 nitrogen and oxygen atoms in total. The molecule has 1 spiro atoms. The number of nitrogens with zero attached hydrogens (tertiary/aromatic N) is 2. The molecule has 1 aromatic rings. The number of amides is 1. The average molecular weight is 336 g/mol. The van der Waals surface area contributed by atoms with Gasteiger partial charge in [-0.2, -0.15) is 11.3 Å². The van der Waals surface area contributed by atoms with E-state index >= 15 is 0 Å². The van der Waals surface area contributed by atoms with E-state index in [4.69, 9.17) is 0 Å².